The minimum atomic E-state index is -0.170. The third kappa shape index (κ3) is 3.33. The number of aryl methyl sites for hydroxylation is 1. The van der Waals surface area contributed by atoms with Crippen molar-refractivity contribution in [3.63, 3.8) is 0 Å². The van der Waals surface area contributed by atoms with Gasteiger partial charge < -0.3 is 14.4 Å². The number of carbonyl (C=O) groups excluding carboxylic acids is 1. The number of piperidine rings is 1. The van der Waals surface area contributed by atoms with E-state index >= 15 is 0 Å². The van der Waals surface area contributed by atoms with Crippen LogP contribution in [0.15, 0.2) is 23.1 Å². The summed E-state index contributed by atoms with van der Waals surface area (Å²) in [6.07, 6.45) is 8.29. The van der Waals surface area contributed by atoms with E-state index in [-0.39, 0.29) is 11.9 Å². The van der Waals surface area contributed by atoms with Crippen molar-refractivity contribution in [2.75, 3.05) is 20.1 Å². The number of likely N-dealkylation sites (tertiary alicyclic amines) is 1. The van der Waals surface area contributed by atoms with E-state index in [1.165, 1.54) is 5.69 Å². The predicted molar refractivity (Wildman–Crippen MR) is 92.1 cm³/mol. The quantitative estimate of drug-likeness (QED) is 0.900. The molecule has 7 heteroatoms. The fraction of sp³-hybridized carbons (Fsp3) is 0.611. The monoisotopic (exact) mass is 343 g/mol. The van der Waals surface area contributed by atoms with Crippen LogP contribution in [-0.2, 0) is 7.05 Å². The van der Waals surface area contributed by atoms with Gasteiger partial charge in [0.25, 0.3) is 5.91 Å². The summed E-state index contributed by atoms with van der Waals surface area (Å²) >= 11 is 0. The first kappa shape index (κ1) is 16.3. The SMILES string of the molecule is CN1CCC[C@@H](CNC(=O)c2cc(C3CC3)no2)[C@@H]1c1cncn1C. The summed E-state index contributed by atoms with van der Waals surface area (Å²) in [6, 6.07) is 2.05. The molecule has 4 rings (SSSR count). The van der Waals surface area contributed by atoms with E-state index < -0.39 is 0 Å². The van der Waals surface area contributed by atoms with Crippen molar-refractivity contribution in [1.82, 2.24) is 24.9 Å². The van der Waals surface area contributed by atoms with Crippen molar-refractivity contribution in [2.45, 2.75) is 37.6 Å². The molecule has 0 aromatic carbocycles. The second-order valence-corrected chi connectivity index (χ2v) is 7.36. The summed E-state index contributed by atoms with van der Waals surface area (Å²) in [5.41, 5.74) is 2.10. The average molecular weight is 343 g/mol. The highest BCUT2D eigenvalue weighted by Crippen LogP contribution is 2.39. The van der Waals surface area contributed by atoms with Gasteiger partial charge in [0.1, 0.15) is 0 Å². The summed E-state index contributed by atoms with van der Waals surface area (Å²) in [7, 11) is 4.17. The topological polar surface area (TPSA) is 76.2 Å². The lowest BCUT2D eigenvalue weighted by atomic mass is 9.87. The maximum Gasteiger partial charge on any atom is 0.289 e. The van der Waals surface area contributed by atoms with Crippen LogP contribution in [-0.4, -0.2) is 45.7 Å². The number of imidazole rings is 1. The van der Waals surface area contributed by atoms with Gasteiger partial charge in [0.15, 0.2) is 0 Å². The Labute approximate surface area is 147 Å². The first-order chi connectivity index (χ1) is 12.1. The number of carbonyl (C=O) groups is 1. The van der Waals surface area contributed by atoms with Crippen molar-refractivity contribution >= 4 is 5.91 Å². The molecule has 2 fully saturated rings. The minimum Gasteiger partial charge on any atom is -0.351 e. The van der Waals surface area contributed by atoms with Gasteiger partial charge in [-0.25, -0.2) is 4.98 Å². The van der Waals surface area contributed by atoms with E-state index in [0.717, 1.165) is 37.9 Å². The highest BCUT2D eigenvalue weighted by Gasteiger charge is 2.33. The molecule has 1 amide bonds. The standard InChI is InChI=1S/C18H25N5O2/c1-22-7-3-4-13(17(22)15-10-19-11-23(15)2)9-20-18(24)16-8-14(21-25-16)12-5-6-12/h8,10-13,17H,3-7,9H2,1-2H3,(H,20,24)/t13-,17+/m0/s1. The van der Waals surface area contributed by atoms with Gasteiger partial charge in [-0.1, -0.05) is 5.16 Å². The number of hydrogen-bond acceptors (Lipinski definition) is 5. The lowest BCUT2D eigenvalue weighted by Crippen LogP contribution is -2.42. The zero-order valence-corrected chi connectivity index (χ0v) is 14.8. The van der Waals surface area contributed by atoms with Gasteiger partial charge in [0.2, 0.25) is 5.76 Å². The molecule has 2 aromatic heterocycles. The highest BCUT2D eigenvalue weighted by atomic mass is 16.5. The molecule has 0 radical (unpaired) electrons. The molecule has 1 N–H and O–H groups in total. The second-order valence-electron chi connectivity index (χ2n) is 7.36. The Bertz CT molecular complexity index is 748. The zero-order valence-electron chi connectivity index (χ0n) is 14.8. The molecule has 1 saturated carbocycles. The summed E-state index contributed by atoms with van der Waals surface area (Å²) in [6.45, 7) is 1.69. The van der Waals surface area contributed by atoms with Gasteiger partial charge in [-0.05, 0) is 45.2 Å². The Morgan fingerprint density at radius 3 is 2.92 bits per heavy atom. The van der Waals surface area contributed by atoms with E-state index in [9.17, 15) is 4.79 Å². The Balaban J connectivity index is 1.42. The first-order valence-corrected chi connectivity index (χ1v) is 9.04. The van der Waals surface area contributed by atoms with Gasteiger partial charge in [-0.15, -0.1) is 0 Å². The van der Waals surface area contributed by atoms with E-state index in [1.54, 1.807) is 6.07 Å². The van der Waals surface area contributed by atoms with Crippen LogP contribution in [0.2, 0.25) is 0 Å². The molecule has 0 spiro atoms. The molecule has 0 unspecified atom stereocenters. The summed E-state index contributed by atoms with van der Waals surface area (Å²) in [5.74, 6) is 0.995. The van der Waals surface area contributed by atoms with Crippen LogP contribution in [0.25, 0.3) is 0 Å². The van der Waals surface area contributed by atoms with Crippen LogP contribution < -0.4 is 5.32 Å². The van der Waals surface area contributed by atoms with Gasteiger partial charge in [0, 0.05) is 31.8 Å². The van der Waals surface area contributed by atoms with Crippen LogP contribution in [0, 0.1) is 5.92 Å². The number of amides is 1. The molecule has 7 nitrogen and oxygen atoms in total. The molecule has 2 aromatic rings. The smallest absolute Gasteiger partial charge is 0.289 e. The Hall–Kier alpha value is -2.15. The van der Waals surface area contributed by atoms with Gasteiger partial charge in [0.05, 0.1) is 23.8 Å². The van der Waals surface area contributed by atoms with Crippen LogP contribution >= 0.6 is 0 Å². The number of aromatic nitrogens is 3. The molecule has 0 bridgehead atoms. The fourth-order valence-electron chi connectivity index (χ4n) is 3.87. The predicted octanol–water partition coefficient (Wildman–Crippen LogP) is 2.10. The number of nitrogens with zero attached hydrogens (tertiary/aromatic N) is 4. The van der Waals surface area contributed by atoms with Crippen LogP contribution in [0.1, 0.15) is 59.6 Å². The molecule has 2 atom stereocenters. The van der Waals surface area contributed by atoms with Crippen LogP contribution in [0.3, 0.4) is 0 Å². The maximum absolute atomic E-state index is 12.4. The van der Waals surface area contributed by atoms with Crippen LogP contribution in [0.4, 0.5) is 0 Å². The van der Waals surface area contributed by atoms with Crippen molar-refractivity contribution in [2.24, 2.45) is 13.0 Å². The van der Waals surface area contributed by atoms with E-state index in [2.05, 4.69) is 32.0 Å². The molecule has 1 aliphatic heterocycles. The third-order valence-corrected chi connectivity index (χ3v) is 5.44. The molecule has 134 valence electrons. The molecule has 2 aliphatic rings. The minimum absolute atomic E-state index is 0.170. The molecule has 25 heavy (non-hydrogen) atoms. The first-order valence-electron chi connectivity index (χ1n) is 9.04. The fourth-order valence-corrected chi connectivity index (χ4v) is 3.87. The summed E-state index contributed by atoms with van der Waals surface area (Å²) in [4.78, 5) is 19.0. The maximum atomic E-state index is 12.4. The van der Waals surface area contributed by atoms with Crippen molar-refractivity contribution in [3.05, 3.63) is 35.7 Å². The van der Waals surface area contributed by atoms with Gasteiger partial charge >= 0.3 is 0 Å². The number of rotatable bonds is 5. The van der Waals surface area contributed by atoms with E-state index in [4.69, 9.17) is 4.52 Å². The number of hydrogen-bond donors (Lipinski definition) is 1. The Kier molecular flexibility index (Phi) is 4.33. The Morgan fingerprint density at radius 1 is 1.36 bits per heavy atom. The van der Waals surface area contributed by atoms with E-state index in [0.29, 0.717) is 24.1 Å². The van der Waals surface area contributed by atoms with Crippen molar-refractivity contribution in [1.29, 1.82) is 0 Å². The molecular formula is C18H25N5O2. The molecular weight excluding hydrogens is 318 g/mol. The van der Waals surface area contributed by atoms with E-state index in [1.807, 2.05) is 19.6 Å². The van der Waals surface area contributed by atoms with Crippen molar-refractivity contribution in [3.8, 4) is 0 Å². The summed E-state index contributed by atoms with van der Waals surface area (Å²) < 4.78 is 7.29. The molecule has 1 aliphatic carbocycles. The largest absolute Gasteiger partial charge is 0.351 e. The lowest BCUT2D eigenvalue weighted by Gasteiger charge is -2.39. The van der Waals surface area contributed by atoms with Crippen molar-refractivity contribution < 1.29 is 9.32 Å². The normalized spacial score (nSPS) is 24.4. The molecule has 3 heterocycles. The number of nitrogens with one attached hydrogen (secondary N) is 1. The Morgan fingerprint density at radius 2 is 2.20 bits per heavy atom. The zero-order chi connectivity index (χ0) is 17.4. The van der Waals surface area contributed by atoms with Gasteiger partial charge in [-0.3, -0.25) is 9.69 Å². The molecule has 1 saturated heterocycles. The van der Waals surface area contributed by atoms with Gasteiger partial charge in [-0.2, -0.15) is 0 Å². The second kappa shape index (κ2) is 6.63. The lowest BCUT2D eigenvalue weighted by molar-refractivity contribution is 0.0850. The summed E-state index contributed by atoms with van der Waals surface area (Å²) in [5, 5.41) is 7.06. The average Bonchev–Trinajstić information content (AvgIpc) is 3.18. The van der Waals surface area contributed by atoms with Crippen LogP contribution in [0.5, 0.6) is 0 Å². The third-order valence-electron chi connectivity index (χ3n) is 5.44. The highest BCUT2D eigenvalue weighted by molar-refractivity contribution is 5.91.